The van der Waals surface area contributed by atoms with Crippen LogP contribution >= 0.6 is 0 Å². The van der Waals surface area contributed by atoms with Crippen LogP contribution in [0, 0.1) is 5.41 Å². The van der Waals surface area contributed by atoms with Gasteiger partial charge in [0.15, 0.2) is 0 Å². The van der Waals surface area contributed by atoms with E-state index in [0.29, 0.717) is 0 Å². The van der Waals surface area contributed by atoms with E-state index < -0.39 is 9.84 Å². The second kappa shape index (κ2) is 4.06. The molecule has 1 aliphatic heterocycles. The molecular weight excluding hydrogens is 210 g/mol. The van der Waals surface area contributed by atoms with Gasteiger partial charge in [0.2, 0.25) is 0 Å². The minimum atomic E-state index is -2.85. The highest BCUT2D eigenvalue weighted by atomic mass is 32.2. The summed E-state index contributed by atoms with van der Waals surface area (Å²) in [5, 5.41) is 3.52. The Morgan fingerprint density at radius 2 is 1.93 bits per heavy atom. The van der Waals surface area contributed by atoms with E-state index in [9.17, 15) is 8.42 Å². The molecule has 1 fully saturated rings. The predicted molar refractivity (Wildman–Crippen MR) is 63.8 cm³/mol. The molecule has 0 aromatic heterocycles. The predicted octanol–water partition coefficient (Wildman–Crippen LogP) is 1.59. The fourth-order valence-corrected chi connectivity index (χ4v) is 3.11. The smallest absolute Gasteiger partial charge is 0.147 e. The molecule has 0 aromatic rings. The second-order valence-corrected chi connectivity index (χ2v) is 8.00. The monoisotopic (exact) mass is 233 g/mol. The Morgan fingerprint density at radius 3 is 2.27 bits per heavy atom. The third-order valence-corrected chi connectivity index (χ3v) is 4.52. The van der Waals surface area contributed by atoms with Crippen LogP contribution < -0.4 is 5.32 Å². The van der Waals surface area contributed by atoms with E-state index in [4.69, 9.17) is 0 Å². The van der Waals surface area contributed by atoms with Gasteiger partial charge in [-0.2, -0.15) is 0 Å². The van der Waals surface area contributed by atoms with Crippen LogP contribution in [0.4, 0.5) is 0 Å². The maximum Gasteiger partial charge on any atom is 0.147 e. The number of rotatable bonds is 3. The van der Waals surface area contributed by atoms with Gasteiger partial charge in [0.05, 0.1) is 5.75 Å². The molecule has 3 nitrogen and oxygen atoms in total. The van der Waals surface area contributed by atoms with Gasteiger partial charge in [-0.15, -0.1) is 0 Å². The normalized spacial score (nSPS) is 28.3. The summed E-state index contributed by atoms with van der Waals surface area (Å²) in [6, 6.07) is 0. The van der Waals surface area contributed by atoms with Crippen molar-refractivity contribution < 1.29 is 8.42 Å². The molecule has 0 saturated carbocycles. The molecule has 15 heavy (non-hydrogen) atoms. The minimum absolute atomic E-state index is 0.0100. The van der Waals surface area contributed by atoms with Gasteiger partial charge < -0.3 is 5.32 Å². The van der Waals surface area contributed by atoms with Gasteiger partial charge >= 0.3 is 0 Å². The van der Waals surface area contributed by atoms with Crippen molar-refractivity contribution in [3.63, 3.8) is 0 Å². The van der Waals surface area contributed by atoms with Crippen molar-refractivity contribution in [2.45, 2.75) is 45.6 Å². The highest BCUT2D eigenvalue weighted by Crippen LogP contribution is 2.40. The molecule has 0 aliphatic carbocycles. The average Bonchev–Trinajstić information content (AvgIpc) is 2.46. The Balaban J connectivity index is 2.76. The lowest BCUT2D eigenvalue weighted by Crippen LogP contribution is -2.51. The van der Waals surface area contributed by atoms with Gasteiger partial charge in [-0.05, 0) is 31.2 Å². The Labute approximate surface area is 93.6 Å². The average molecular weight is 233 g/mol. The number of nitrogens with one attached hydrogen (secondary N) is 1. The maximum atomic E-state index is 11.2. The van der Waals surface area contributed by atoms with Crippen LogP contribution in [0.2, 0.25) is 0 Å². The molecule has 0 spiro atoms. The topological polar surface area (TPSA) is 46.2 Å². The molecule has 1 rings (SSSR count). The zero-order valence-corrected chi connectivity index (χ0v) is 11.1. The van der Waals surface area contributed by atoms with Crippen LogP contribution in [0.15, 0.2) is 0 Å². The summed E-state index contributed by atoms with van der Waals surface area (Å²) in [6.07, 6.45) is 4.29. The fourth-order valence-electron chi connectivity index (χ4n) is 2.39. The van der Waals surface area contributed by atoms with Crippen molar-refractivity contribution in [1.82, 2.24) is 5.32 Å². The Morgan fingerprint density at radius 1 is 1.33 bits per heavy atom. The molecule has 1 saturated heterocycles. The lowest BCUT2D eigenvalue weighted by molar-refractivity contribution is 0.155. The zero-order valence-electron chi connectivity index (χ0n) is 10.3. The largest absolute Gasteiger partial charge is 0.311 e. The van der Waals surface area contributed by atoms with Crippen molar-refractivity contribution in [2.75, 3.05) is 18.6 Å². The Kier molecular flexibility index (Phi) is 3.51. The van der Waals surface area contributed by atoms with E-state index in [0.717, 1.165) is 25.8 Å². The highest BCUT2D eigenvalue weighted by molar-refractivity contribution is 7.90. The molecule has 90 valence electrons. The minimum Gasteiger partial charge on any atom is -0.311 e. The first-order valence-electron chi connectivity index (χ1n) is 5.59. The molecule has 1 N–H and O–H groups in total. The van der Waals surface area contributed by atoms with Crippen LogP contribution in [-0.4, -0.2) is 32.5 Å². The van der Waals surface area contributed by atoms with Gasteiger partial charge in [-0.1, -0.05) is 20.8 Å². The molecule has 1 heterocycles. The van der Waals surface area contributed by atoms with Crippen LogP contribution in [0.25, 0.3) is 0 Å². The summed E-state index contributed by atoms with van der Waals surface area (Å²) in [5.74, 6) is 0.289. The van der Waals surface area contributed by atoms with E-state index in [2.05, 4.69) is 26.1 Å². The van der Waals surface area contributed by atoms with Crippen LogP contribution in [0.5, 0.6) is 0 Å². The molecular formula is C11H23NO2S. The van der Waals surface area contributed by atoms with E-state index in [-0.39, 0.29) is 16.7 Å². The third-order valence-electron chi connectivity index (χ3n) is 3.58. The van der Waals surface area contributed by atoms with Gasteiger partial charge in [0.25, 0.3) is 0 Å². The Hall–Kier alpha value is -0.0900. The third kappa shape index (κ3) is 3.18. The van der Waals surface area contributed by atoms with E-state index in [1.54, 1.807) is 0 Å². The first-order valence-corrected chi connectivity index (χ1v) is 7.65. The lowest BCUT2D eigenvalue weighted by Gasteiger charge is -2.42. The van der Waals surface area contributed by atoms with Crippen molar-refractivity contribution in [3.8, 4) is 0 Å². The first-order chi connectivity index (χ1) is 6.66. The summed E-state index contributed by atoms with van der Waals surface area (Å²) in [7, 11) is -2.85. The molecule has 0 radical (unpaired) electrons. The number of hydrogen-bond acceptors (Lipinski definition) is 3. The number of sulfone groups is 1. The van der Waals surface area contributed by atoms with E-state index in [1.807, 2.05) is 0 Å². The summed E-state index contributed by atoms with van der Waals surface area (Å²) in [4.78, 5) is 0. The van der Waals surface area contributed by atoms with Crippen molar-refractivity contribution >= 4 is 9.84 Å². The molecule has 0 aromatic carbocycles. The van der Waals surface area contributed by atoms with Crippen molar-refractivity contribution in [1.29, 1.82) is 0 Å². The number of hydrogen-bond donors (Lipinski definition) is 1. The Bertz CT molecular complexity index is 308. The van der Waals surface area contributed by atoms with Gasteiger partial charge in [0, 0.05) is 11.8 Å². The van der Waals surface area contributed by atoms with Crippen LogP contribution in [-0.2, 0) is 9.84 Å². The summed E-state index contributed by atoms with van der Waals surface area (Å²) in [5.41, 5.74) is 0.129. The van der Waals surface area contributed by atoms with Crippen molar-refractivity contribution in [3.05, 3.63) is 0 Å². The fraction of sp³-hybridized carbons (Fsp3) is 1.00. The molecule has 1 aliphatic rings. The maximum absolute atomic E-state index is 11.2. The van der Waals surface area contributed by atoms with E-state index in [1.165, 1.54) is 6.26 Å². The zero-order chi connectivity index (χ0) is 11.7. The SMILES string of the molecule is CC(C)(C)C1(CCS(C)(=O)=O)CCCN1. The van der Waals surface area contributed by atoms with Crippen LogP contribution in [0.3, 0.4) is 0 Å². The summed E-state index contributed by atoms with van der Waals surface area (Å²) < 4.78 is 22.5. The molecule has 0 bridgehead atoms. The van der Waals surface area contributed by atoms with Crippen LogP contribution in [0.1, 0.15) is 40.0 Å². The van der Waals surface area contributed by atoms with Gasteiger partial charge in [-0.25, -0.2) is 8.42 Å². The summed E-state index contributed by atoms with van der Waals surface area (Å²) in [6.45, 7) is 7.58. The second-order valence-electron chi connectivity index (χ2n) is 5.74. The van der Waals surface area contributed by atoms with Gasteiger partial charge in [0.1, 0.15) is 9.84 Å². The summed E-state index contributed by atoms with van der Waals surface area (Å²) >= 11 is 0. The highest BCUT2D eigenvalue weighted by Gasteiger charge is 2.43. The molecule has 1 unspecified atom stereocenters. The quantitative estimate of drug-likeness (QED) is 0.805. The first kappa shape index (κ1) is 13.0. The standard InChI is InChI=1S/C11H23NO2S/c1-10(2,3)11(6-5-8-12-11)7-9-15(4,13)14/h12H,5-9H2,1-4H3. The molecule has 4 heteroatoms. The lowest BCUT2D eigenvalue weighted by atomic mass is 9.71. The van der Waals surface area contributed by atoms with Gasteiger partial charge in [-0.3, -0.25) is 0 Å². The van der Waals surface area contributed by atoms with E-state index >= 15 is 0 Å². The molecule has 0 amide bonds. The molecule has 1 atom stereocenters. The van der Waals surface area contributed by atoms with Crippen molar-refractivity contribution in [2.24, 2.45) is 5.41 Å².